The van der Waals surface area contributed by atoms with Crippen LogP contribution in [0.15, 0.2) is 45.3 Å². The van der Waals surface area contributed by atoms with E-state index in [1.165, 1.54) is 6.07 Å². The number of nitrogens with two attached hydrogens (primary N) is 1. The Hall–Kier alpha value is -1.88. The normalized spacial score (nSPS) is 23.8. The fourth-order valence-electron chi connectivity index (χ4n) is 4.77. The average molecular weight is 628 g/mol. The largest absolute Gasteiger partial charge is 0.397 e. The molecule has 0 unspecified atom stereocenters. The number of nitrogens with zero attached hydrogens (tertiary/aromatic N) is 1. The Bertz CT molecular complexity index is 994. The van der Waals surface area contributed by atoms with Crippen molar-refractivity contribution >= 4 is 54.6 Å². The van der Waals surface area contributed by atoms with Gasteiger partial charge in [-0.05, 0) is 81.7 Å². The van der Waals surface area contributed by atoms with Crippen LogP contribution in [0.2, 0.25) is 0 Å². The van der Waals surface area contributed by atoms with E-state index in [1.807, 2.05) is 24.3 Å². The van der Waals surface area contributed by atoms with Gasteiger partial charge in [-0.3, -0.25) is 10.1 Å². The van der Waals surface area contributed by atoms with E-state index in [9.17, 15) is 10.1 Å². The molecule has 8 nitrogen and oxygen atoms in total. The third kappa shape index (κ3) is 8.61. The standard InChI is InChI=1S/C13H17BrN2O3.C13H19BrN2O/c1-19-11-5-3-10(4-6-11)15-12-7-2-9(14)8-13(12)16(17)18;1-17-11-5-3-10(4-6-11)16-13-7-2-9(14)8-12(13)15/h2,7-8,10-11,15H,3-6H2,1H3;2,7-8,10-11,16H,3-6,15H2,1H3. The summed E-state index contributed by atoms with van der Waals surface area (Å²) >= 11 is 6.67. The molecule has 2 fully saturated rings. The first-order valence-corrected chi connectivity index (χ1v) is 13.9. The van der Waals surface area contributed by atoms with E-state index in [4.69, 9.17) is 15.2 Å². The maximum absolute atomic E-state index is 11.0. The monoisotopic (exact) mass is 626 g/mol. The molecule has 36 heavy (non-hydrogen) atoms. The Morgan fingerprint density at radius 2 is 1.25 bits per heavy atom. The van der Waals surface area contributed by atoms with Crippen LogP contribution < -0.4 is 16.4 Å². The van der Waals surface area contributed by atoms with Gasteiger partial charge in [0.15, 0.2) is 0 Å². The van der Waals surface area contributed by atoms with E-state index < -0.39 is 0 Å². The number of nitro benzene ring substituents is 1. The number of hydrogen-bond donors (Lipinski definition) is 3. The summed E-state index contributed by atoms with van der Waals surface area (Å²) in [7, 11) is 3.53. The van der Waals surface area contributed by atoms with Gasteiger partial charge in [0.25, 0.3) is 5.69 Å². The Kier molecular flexibility index (Phi) is 11.3. The highest BCUT2D eigenvalue weighted by Crippen LogP contribution is 2.31. The minimum atomic E-state index is -0.353. The number of halogens is 2. The predicted octanol–water partition coefficient (Wildman–Crippen LogP) is 7.13. The molecule has 0 saturated heterocycles. The molecular weight excluding hydrogens is 592 g/mol. The Labute approximate surface area is 230 Å². The van der Waals surface area contributed by atoms with Crippen molar-refractivity contribution < 1.29 is 14.4 Å². The van der Waals surface area contributed by atoms with Gasteiger partial charge in [-0.2, -0.15) is 0 Å². The molecule has 0 bridgehead atoms. The summed E-state index contributed by atoms with van der Waals surface area (Å²) in [6, 6.07) is 11.9. The number of anilines is 3. The number of benzene rings is 2. The second-order valence-corrected chi connectivity index (χ2v) is 11.2. The van der Waals surface area contributed by atoms with E-state index in [0.717, 1.165) is 67.2 Å². The smallest absolute Gasteiger partial charge is 0.293 e. The lowest BCUT2D eigenvalue weighted by molar-refractivity contribution is -0.384. The summed E-state index contributed by atoms with van der Waals surface area (Å²) in [4.78, 5) is 10.7. The van der Waals surface area contributed by atoms with E-state index in [-0.39, 0.29) is 16.7 Å². The molecule has 4 N–H and O–H groups in total. The zero-order valence-electron chi connectivity index (χ0n) is 20.8. The highest BCUT2D eigenvalue weighted by Gasteiger charge is 2.23. The van der Waals surface area contributed by atoms with Crippen molar-refractivity contribution in [3.63, 3.8) is 0 Å². The first kappa shape index (κ1) is 28.7. The van der Waals surface area contributed by atoms with Crippen LogP contribution in [0.5, 0.6) is 0 Å². The summed E-state index contributed by atoms with van der Waals surface area (Å²) in [5.41, 5.74) is 8.52. The van der Waals surface area contributed by atoms with Crippen molar-refractivity contribution in [2.24, 2.45) is 0 Å². The minimum Gasteiger partial charge on any atom is -0.397 e. The molecule has 2 aromatic carbocycles. The molecule has 198 valence electrons. The van der Waals surface area contributed by atoms with Crippen LogP contribution in [0.4, 0.5) is 22.7 Å². The molecule has 0 radical (unpaired) electrons. The number of rotatable bonds is 7. The second-order valence-electron chi connectivity index (χ2n) is 9.36. The molecule has 2 aliphatic carbocycles. The molecule has 4 rings (SSSR count). The Balaban J connectivity index is 0.000000202. The lowest BCUT2D eigenvalue weighted by Gasteiger charge is -2.29. The highest BCUT2D eigenvalue weighted by atomic mass is 79.9. The molecule has 2 aromatic rings. The predicted molar refractivity (Wildman–Crippen MR) is 153 cm³/mol. The Morgan fingerprint density at radius 1 is 0.806 bits per heavy atom. The number of nitro groups is 1. The van der Waals surface area contributed by atoms with Crippen LogP contribution >= 0.6 is 31.9 Å². The van der Waals surface area contributed by atoms with E-state index in [0.29, 0.717) is 28.4 Å². The van der Waals surface area contributed by atoms with Gasteiger partial charge in [0, 0.05) is 41.3 Å². The zero-order chi connectivity index (χ0) is 26.1. The van der Waals surface area contributed by atoms with Gasteiger partial charge in [-0.25, -0.2) is 0 Å². The quantitative estimate of drug-likeness (QED) is 0.170. The zero-order valence-corrected chi connectivity index (χ0v) is 24.0. The molecule has 0 amide bonds. The van der Waals surface area contributed by atoms with Gasteiger partial charge in [-0.1, -0.05) is 31.9 Å². The minimum absolute atomic E-state index is 0.114. The van der Waals surface area contributed by atoms with Crippen LogP contribution in [0.25, 0.3) is 0 Å². The summed E-state index contributed by atoms with van der Waals surface area (Å²) < 4.78 is 12.4. The number of hydrogen-bond acceptors (Lipinski definition) is 7. The number of nitrogen functional groups attached to an aromatic ring is 1. The topological polar surface area (TPSA) is 112 Å². The molecule has 2 aliphatic rings. The van der Waals surface area contributed by atoms with E-state index in [1.54, 1.807) is 20.3 Å². The SMILES string of the molecule is COC1CCC(Nc2ccc(Br)cc2N)CC1.COC1CCC(Nc2ccc(Br)cc2[N+](=O)[O-])CC1. The average Bonchev–Trinajstić information content (AvgIpc) is 2.88. The fourth-order valence-corrected chi connectivity index (χ4v) is 5.50. The van der Waals surface area contributed by atoms with Crippen LogP contribution in [-0.2, 0) is 9.47 Å². The van der Waals surface area contributed by atoms with Crippen LogP contribution in [-0.4, -0.2) is 43.4 Å². The third-order valence-corrected chi connectivity index (χ3v) is 7.89. The number of ether oxygens (including phenoxy) is 2. The molecular formula is C26H36Br2N4O4. The lowest BCUT2D eigenvalue weighted by Crippen LogP contribution is -2.29. The van der Waals surface area contributed by atoms with Crippen molar-refractivity contribution in [1.29, 1.82) is 0 Å². The summed E-state index contributed by atoms with van der Waals surface area (Å²) in [6.07, 6.45) is 9.28. The van der Waals surface area contributed by atoms with Gasteiger partial charge in [0.2, 0.25) is 0 Å². The van der Waals surface area contributed by atoms with Gasteiger partial charge < -0.3 is 25.8 Å². The molecule has 2 saturated carbocycles. The third-order valence-electron chi connectivity index (χ3n) is 6.90. The molecule has 0 spiro atoms. The molecule has 10 heteroatoms. The van der Waals surface area contributed by atoms with Crippen LogP contribution in [0.1, 0.15) is 51.4 Å². The van der Waals surface area contributed by atoms with Gasteiger partial charge >= 0.3 is 0 Å². The number of methoxy groups -OCH3 is 2. The first-order valence-electron chi connectivity index (χ1n) is 12.4. The molecule has 0 aromatic heterocycles. The van der Waals surface area contributed by atoms with Crippen molar-refractivity contribution in [1.82, 2.24) is 0 Å². The second kappa shape index (κ2) is 14.2. The van der Waals surface area contributed by atoms with Crippen molar-refractivity contribution in [3.05, 3.63) is 55.5 Å². The summed E-state index contributed by atoms with van der Waals surface area (Å²) in [6.45, 7) is 0. The maximum atomic E-state index is 11.0. The van der Waals surface area contributed by atoms with Gasteiger partial charge in [0.05, 0.1) is 28.5 Å². The molecule has 0 atom stereocenters. The van der Waals surface area contributed by atoms with Crippen LogP contribution in [0.3, 0.4) is 0 Å². The van der Waals surface area contributed by atoms with E-state index >= 15 is 0 Å². The Morgan fingerprint density at radius 3 is 1.69 bits per heavy atom. The molecule has 0 aliphatic heterocycles. The van der Waals surface area contributed by atoms with Crippen molar-refractivity contribution in [3.8, 4) is 0 Å². The van der Waals surface area contributed by atoms with Crippen molar-refractivity contribution in [2.45, 2.75) is 75.7 Å². The van der Waals surface area contributed by atoms with Gasteiger partial charge in [0.1, 0.15) is 5.69 Å². The van der Waals surface area contributed by atoms with E-state index in [2.05, 4.69) is 42.5 Å². The summed E-state index contributed by atoms with van der Waals surface area (Å²) in [5.74, 6) is 0. The van der Waals surface area contributed by atoms with Crippen molar-refractivity contribution in [2.75, 3.05) is 30.6 Å². The van der Waals surface area contributed by atoms with Crippen LogP contribution in [0, 0.1) is 10.1 Å². The van der Waals surface area contributed by atoms with Gasteiger partial charge in [-0.15, -0.1) is 0 Å². The maximum Gasteiger partial charge on any atom is 0.293 e. The fraction of sp³-hybridized carbons (Fsp3) is 0.538. The highest BCUT2D eigenvalue weighted by molar-refractivity contribution is 9.10. The lowest BCUT2D eigenvalue weighted by atomic mass is 9.93. The summed E-state index contributed by atoms with van der Waals surface area (Å²) in [5, 5.41) is 17.8. The number of nitrogens with one attached hydrogen (secondary N) is 2. The first-order chi connectivity index (χ1) is 17.3. The molecule has 0 heterocycles.